The van der Waals surface area contributed by atoms with Gasteiger partial charge in [0.15, 0.2) is 0 Å². The largest absolute Gasteiger partial charge is 0.397 e. The summed E-state index contributed by atoms with van der Waals surface area (Å²) in [5.41, 5.74) is 7.80. The van der Waals surface area contributed by atoms with E-state index in [0.717, 1.165) is 38.0 Å². The third kappa shape index (κ3) is 2.19. The molecule has 1 saturated heterocycles. The molecular weight excluding hydrogens is 228 g/mol. The Kier molecular flexibility index (Phi) is 3.56. The molecule has 0 aromatic carbocycles. The predicted octanol–water partition coefficient (Wildman–Crippen LogP) is 1.13. The van der Waals surface area contributed by atoms with Gasteiger partial charge in [0.2, 0.25) is 5.91 Å². The maximum absolute atomic E-state index is 12.1. The number of anilines is 1. The van der Waals surface area contributed by atoms with Gasteiger partial charge in [0.25, 0.3) is 0 Å². The predicted molar refractivity (Wildman–Crippen MR) is 68.8 cm³/mol. The summed E-state index contributed by atoms with van der Waals surface area (Å²) in [5, 5.41) is 9.08. The van der Waals surface area contributed by atoms with Crippen LogP contribution in [0.2, 0.25) is 0 Å². The second kappa shape index (κ2) is 5.13. The average molecular weight is 246 g/mol. The van der Waals surface area contributed by atoms with Crippen molar-refractivity contribution < 1.29 is 4.79 Å². The zero-order valence-electron chi connectivity index (χ0n) is 10.6. The molecule has 2 N–H and O–H groups in total. The molecule has 96 valence electrons. The first-order chi connectivity index (χ1) is 8.67. The quantitative estimate of drug-likeness (QED) is 0.868. The number of nitrogens with two attached hydrogens (primary N) is 1. The summed E-state index contributed by atoms with van der Waals surface area (Å²) in [7, 11) is 0. The number of carbonyl (C=O) groups excluding carboxylic acids is 1. The first-order valence-corrected chi connectivity index (χ1v) is 6.33. The lowest BCUT2D eigenvalue weighted by Gasteiger charge is -2.17. The summed E-state index contributed by atoms with van der Waals surface area (Å²) in [6.07, 6.45) is 2.87. The Labute approximate surface area is 107 Å². The number of likely N-dealkylation sites (tertiary alicyclic amines) is 1. The molecule has 0 unspecified atom stereocenters. The molecule has 2 heterocycles. The molecule has 1 aliphatic heterocycles. The van der Waals surface area contributed by atoms with E-state index in [1.165, 1.54) is 0 Å². The molecule has 0 saturated carbocycles. The van der Waals surface area contributed by atoms with Crippen molar-refractivity contribution >= 4 is 11.6 Å². The van der Waals surface area contributed by atoms with Crippen molar-refractivity contribution in [2.45, 2.75) is 32.7 Å². The van der Waals surface area contributed by atoms with Gasteiger partial charge in [-0.1, -0.05) is 6.92 Å². The first-order valence-electron chi connectivity index (χ1n) is 6.33. The fraction of sp³-hybridized carbons (Fsp3) is 0.538. The van der Waals surface area contributed by atoms with Crippen LogP contribution in [0.3, 0.4) is 0 Å². The van der Waals surface area contributed by atoms with Crippen LogP contribution in [0.5, 0.6) is 0 Å². The van der Waals surface area contributed by atoms with Crippen LogP contribution < -0.4 is 5.73 Å². The van der Waals surface area contributed by atoms with Crippen molar-refractivity contribution in [2.24, 2.45) is 0 Å². The Bertz CT molecular complexity index is 492. The molecule has 5 heteroatoms. The molecule has 1 aromatic rings. The number of carbonyl (C=O) groups is 1. The van der Waals surface area contributed by atoms with E-state index in [9.17, 15) is 4.79 Å². The van der Waals surface area contributed by atoms with Crippen LogP contribution in [-0.4, -0.2) is 28.5 Å². The highest BCUT2D eigenvalue weighted by Crippen LogP contribution is 2.19. The van der Waals surface area contributed by atoms with Crippen molar-refractivity contribution in [3.63, 3.8) is 0 Å². The maximum atomic E-state index is 12.1. The van der Waals surface area contributed by atoms with Gasteiger partial charge in [-0.2, -0.15) is 5.26 Å². The number of hydrogen-bond donors (Lipinski definition) is 1. The fourth-order valence-electron chi connectivity index (χ4n) is 2.48. The maximum Gasteiger partial charge on any atom is 0.242 e. The van der Waals surface area contributed by atoms with E-state index in [1.807, 2.05) is 11.8 Å². The zero-order valence-corrected chi connectivity index (χ0v) is 10.6. The monoisotopic (exact) mass is 246 g/mol. The van der Waals surface area contributed by atoms with Crippen LogP contribution in [0.1, 0.15) is 31.2 Å². The lowest BCUT2D eigenvalue weighted by Crippen LogP contribution is -2.31. The van der Waals surface area contributed by atoms with E-state index >= 15 is 0 Å². The van der Waals surface area contributed by atoms with Crippen molar-refractivity contribution in [2.75, 3.05) is 18.8 Å². The molecule has 1 aliphatic rings. The van der Waals surface area contributed by atoms with Crippen molar-refractivity contribution in [1.82, 2.24) is 9.47 Å². The highest BCUT2D eigenvalue weighted by atomic mass is 16.2. The number of rotatable bonds is 3. The summed E-state index contributed by atoms with van der Waals surface area (Å²) in [4.78, 5) is 14.0. The second-order valence-corrected chi connectivity index (χ2v) is 4.57. The molecule has 0 radical (unpaired) electrons. The van der Waals surface area contributed by atoms with Gasteiger partial charge in [0, 0.05) is 18.8 Å². The molecule has 1 aromatic heterocycles. The summed E-state index contributed by atoms with van der Waals surface area (Å²) in [5.74, 6) is 0.0781. The lowest BCUT2D eigenvalue weighted by atomic mass is 10.3. The van der Waals surface area contributed by atoms with Crippen LogP contribution in [0.25, 0.3) is 0 Å². The number of nitrogen functional groups attached to an aromatic ring is 1. The minimum Gasteiger partial charge on any atom is -0.397 e. The second-order valence-electron chi connectivity index (χ2n) is 4.57. The first kappa shape index (κ1) is 12.5. The van der Waals surface area contributed by atoms with Gasteiger partial charge in [0.1, 0.15) is 18.3 Å². The lowest BCUT2D eigenvalue weighted by molar-refractivity contribution is -0.130. The zero-order chi connectivity index (χ0) is 13.1. The van der Waals surface area contributed by atoms with Gasteiger partial charge in [-0.3, -0.25) is 4.79 Å². The van der Waals surface area contributed by atoms with Crippen molar-refractivity contribution in [3.8, 4) is 6.07 Å². The Hall–Kier alpha value is -1.96. The molecule has 5 nitrogen and oxygen atoms in total. The smallest absolute Gasteiger partial charge is 0.242 e. The Morgan fingerprint density at radius 1 is 1.50 bits per heavy atom. The molecule has 0 spiro atoms. The summed E-state index contributed by atoms with van der Waals surface area (Å²) >= 11 is 0. The normalized spacial score (nSPS) is 14.8. The molecular formula is C13H18N4O. The number of nitrogens with zero attached hydrogens (tertiary/aromatic N) is 3. The van der Waals surface area contributed by atoms with Crippen molar-refractivity contribution in [1.29, 1.82) is 5.26 Å². The van der Waals surface area contributed by atoms with Crippen LogP contribution in [-0.2, 0) is 17.8 Å². The molecule has 1 fully saturated rings. The topological polar surface area (TPSA) is 75.0 Å². The minimum atomic E-state index is 0.0781. The SMILES string of the molecule is CCc1c(N)cc(C#N)n1CC(=O)N1CCCC1. The van der Waals surface area contributed by atoms with E-state index in [0.29, 0.717) is 11.4 Å². The Morgan fingerprint density at radius 3 is 2.72 bits per heavy atom. The summed E-state index contributed by atoms with van der Waals surface area (Å²) in [6, 6.07) is 3.75. The van der Waals surface area contributed by atoms with Crippen LogP contribution in [0.15, 0.2) is 6.07 Å². The van der Waals surface area contributed by atoms with Crippen LogP contribution >= 0.6 is 0 Å². The molecule has 18 heavy (non-hydrogen) atoms. The number of nitriles is 1. The van der Waals surface area contributed by atoms with E-state index in [-0.39, 0.29) is 12.5 Å². The van der Waals surface area contributed by atoms with Crippen LogP contribution in [0.4, 0.5) is 5.69 Å². The molecule has 0 aliphatic carbocycles. The van der Waals surface area contributed by atoms with Gasteiger partial charge in [-0.15, -0.1) is 0 Å². The number of amides is 1. The molecule has 0 bridgehead atoms. The van der Waals surface area contributed by atoms with E-state index in [4.69, 9.17) is 11.0 Å². The van der Waals surface area contributed by atoms with Crippen LogP contribution in [0, 0.1) is 11.3 Å². The van der Waals surface area contributed by atoms with Gasteiger partial charge in [-0.25, -0.2) is 0 Å². The van der Waals surface area contributed by atoms with Gasteiger partial charge in [0.05, 0.1) is 5.69 Å². The Morgan fingerprint density at radius 2 is 2.17 bits per heavy atom. The third-order valence-electron chi connectivity index (χ3n) is 3.44. The van der Waals surface area contributed by atoms with Gasteiger partial charge < -0.3 is 15.2 Å². The fourth-order valence-corrected chi connectivity index (χ4v) is 2.48. The number of aromatic nitrogens is 1. The average Bonchev–Trinajstić information content (AvgIpc) is 2.97. The standard InChI is InChI=1S/C13H18N4O/c1-2-12-11(15)7-10(8-14)17(12)9-13(18)16-5-3-4-6-16/h7H,2-6,9,15H2,1H3. The minimum absolute atomic E-state index is 0.0781. The van der Waals surface area contributed by atoms with Gasteiger partial charge in [-0.05, 0) is 25.3 Å². The summed E-state index contributed by atoms with van der Waals surface area (Å²) < 4.78 is 1.75. The van der Waals surface area contributed by atoms with Gasteiger partial charge >= 0.3 is 0 Å². The molecule has 1 amide bonds. The molecule has 2 rings (SSSR count). The third-order valence-corrected chi connectivity index (χ3v) is 3.44. The number of hydrogen-bond acceptors (Lipinski definition) is 3. The highest BCUT2D eigenvalue weighted by molar-refractivity contribution is 5.77. The highest BCUT2D eigenvalue weighted by Gasteiger charge is 2.21. The van der Waals surface area contributed by atoms with Crippen molar-refractivity contribution in [3.05, 3.63) is 17.5 Å². The Balaban J connectivity index is 2.22. The molecule has 0 atom stereocenters. The summed E-state index contributed by atoms with van der Waals surface area (Å²) in [6.45, 7) is 3.87. The van der Waals surface area contributed by atoms with E-state index in [1.54, 1.807) is 10.6 Å². The van der Waals surface area contributed by atoms with E-state index in [2.05, 4.69) is 6.07 Å². The van der Waals surface area contributed by atoms with E-state index < -0.39 is 0 Å².